The lowest BCUT2D eigenvalue weighted by Gasteiger charge is -2.14. The lowest BCUT2D eigenvalue weighted by atomic mass is 9.99. The Bertz CT molecular complexity index is 318. The number of phenolic OH excluding ortho intramolecular Hbond substituents is 2. The molecule has 0 aliphatic heterocycles. The Balaban J connectivity index is 3.00. The van der Waals surface area contributed by atoms with Crippen LogP contribution in [0.5, 0.6) is 11.5 Å². The van der Waals surface area contributed by atoms with Crippen LogP contribution in [0.25, 0.3) is 0 Å². The molecule has 1 aromatic carbocycles. The fourth-order valence-electron chi connectivity index (χ4n) is 1.16. The van der Waals surface area contributed by atoms with Crippen molar-refractivity contribution in [3.05, 3.63) is 23.8 Å². The quantitative estimate of drug-likeness (QED) is 0.650. The second kappa shape index (κ2) is 4.23. The summed E-state index contributed by atoms with van der Waals surface area (Å²) in [6.07, 6.45) is -2.58. The first kappa shape index (κ1) is 10.7. The van der Waals surface area contributed by atoms with Gasteiger partial charge < -0.3 is 15.9 Å². The number of alkyl halides is 2. The SMILES string of the molecule is NCC(c1ccc(O)c(O)c1)C(F)F. The number of hydrogen-bond acceptors (Lipinski definition) is 3. The molecular weight excluding hydrogens is 192 g/mol. The smallest absolute Gasteiger partial charge is 0.246 e. The minimum atomic E-state index is -2.58. The summed E-state index contributed by atoms with van der Waals surface area (Å²) >= 11 is 0. The van der Waals surface area contributed by atoms with Gasteiger partial charge in [-0.3, -0.25) is 0 Å². The second-order valence-corrected chi connectivity index (χ2v) is 2.92. The number of phenols is 2. The van der Waals surface area contributed by atoms with E-state index in [0.29, 0.717) is 0 Å². The van der Waals surface area contributed by atoms with Crippen molar-refractivity contribution in [2.24, 2.45) is 5.73 Å². The molecule has 78 valence electrons. The molecule has 1 unspecified atom stereocenters. The van der Waals surface area contributed by atoms with Crippen molar-refractivity contribution >= 4 is 0 Å². The fourth-order valence-corrected chi connectivity index (χ4v) is 1.16. The van der Waals surface area contributed by atoms with E-state index in [-0.39, 0.29) is 17.9 Å². The summed E-state index contributed by atoms with van der Waals surface area (Å²) < 4.78 is 24.8. The van der Waals surface area contributed by atoms with Crippen LogP contribution in [0, 0.1) is 0 Å². The molecule has 0 saturated carbocycles. The summed E-state index contributed by atoms with van der Waals surface area (Å²) in [5, 5.41) is 18.1. The van der Waals surface area contributed by atoms with Gasteiger partial charge >= 0.3 is 0 Å². The topological polar surface area (TPSA) is 66.5 Å². The van der Waals surface area contributed by atoms with Gasteiger partial charge in [0.2, 0.25) is 6.43 Å². The molecule has 0 radical (unpaired) electrons. The van der Waals surface area contributed by atoms with Crippen molar-refractivity contribution in [3.8, 4) is 11.5 Å². The van der Waals surface area contributed by atoms with Gasteiger partial charge in [0.05, 0.1) is 5.92 Å². The van der Waals surface area contributed by atoms with Gasteiger partial charge in [0.15, 0.2) is 11.5 Å². The summed E-state index contributed by atoms with van der Waals surface area (Å²) in [7, 11) is 0. The third-order valence-electron chi connectivity index (χ3n) is 1.99. The van der Waals surface area contributed by atoms with E-state index in [0.717, 1.165) is 12.1 Å². The highest BCUT2D eigenvalue weighted by atomic mass is 19.3. The van der Waals surface area contributed by atoms with E-state index in [9.17, 15) is 8.78 Å². The van der Waals surface area contributed by atoms with Crippen molar-refractivity contribution in [3.63, 3.8) is 0 Å². The molecule has 5 heteroatoms. The van der Waals surface area contributed by atoms with Gasteiger partial charge in [-0.05, 0) is 17.7 Å². The molecule has 4 N–H and O–H groups in total. The van der Waals surface area contributed by atoms with E-state index in [1.807, 2.05) is 0 Å². The molecule has 1 rings (SSSR count). The lowest BCUT2D eigenvalue weighted by Crippen LogP contribution is -2.19. The fraction of sp³-hybridized carbons (Fsp3) is 0.333. The highest BCUT2D eigenvalue weighted by Gasteiger charge is 2.21. The van der Waals surface area contributed by atoms with E-state index in [1.165, 1.54) is 6.07 Å². The molecular formula is C9H11F2NO2. The molecule has 0 aliphatic rings. The number of rotatable bonds is 3. The van der Waals surface area contributed by atoms with E-state index in [2.05, 4.69) is 0 Å². The standard InChI is InChI=1S/C9H11F2NO2/c10-9(11)6(4-12)5-1-2-7(13)8(14)3-5/h1-3,6,9,13-14H,4,12H2. The molecule has 0 aromatic heterocycles. The van der Waals surface area contributed by atoms with Crippen LogP contribution in [0.3, 0.4) is 0 Å². The van der Waals surface area contributed by atoms with Gasteiger partial charge in [-0.1, -0.05) is 6.07 Å². The number of benzene rings is 1. The largest absolute Gasteiger partial charge is 0.504 e. The van der Waals surface area contributed by atoms with Crippen LogP contribution in [0.2, 0.25) is 0 Å². The summed E-state index contributed by atoms with van der Waals surface area (Å²) in [6, 6.07) is 3.58. The van der Waals surface area contributed by atoms with Gasteiger partial charge in [-0.25, -0.2) is 8.78 Å². The van der Waals surface area contributed by atoms with Gasteiger partial charge in [0.1, 0.15) is 0 Å². The molecule has 0 aliphatic carbocycles. The molecule has 0 heterocycles. The molecule has 0 bridgehead atoms. The molecule has 1 atom stereocenters. The Morgan fingerprint density at radius 1 is 1.21 bits per heavy atom. The summed E-state index contributed by atoms with van der Waals surface area (Å²) in [6.45, 7) is -0.206. The molecule has 14 heavy (non-hydrogen) atoms. The average Bonchev–Trinajstić information content (AvgIpc) is 2.11. The van der Waals surface area contributed by atoms with Crippen LogP contribution in [0.15, 0.2) is 18.2 Å². The van der Waals surface area contributed by atoms with Crippen molar-refractivity contribution < 1.29 is 19.0 Å². The van der Waals surface area contributed by atoms with E-state index < -0.39 is 18.1 Å². The number of nitrogens with two attached hydrogens (primary N) is 1. The summed E-state index contributed by atoms with van der Waals surface area (Å²) in [5.41, 5.74) is 5.39. The minimum Gasteiger partial charge on any atom is -0.504 e. The molecule has 3 nitrogen and oxygen atoms in total. The highest BCUT2D eigenvalue weighted by molar-refractivity contribution is 5.41. The number of halogens is 2. The highest BCUT2D eigenvalue weighted by Crippen LogP contribution is 2.30. The maximum atomic E-state index is 12.4. The number of aromatic hydroxyl groups is 2. The van der Waals surface area contributed by atoms with Crippen LogP contribution < -0.4 is 5.73 Å². The Morgan fingerprint density at radius 2 is 1.86 bits per heavy atom. The summed E-state index contributed by atoms with van der Waals surface area (Å²) in [5.74, 6) is -1.86. The predicted octanol–water partition coefficient (Wildman–Crippen LogP) is 1.41. The number of hydrogen-bond donors (Lipinski definition) is 3. The first-order chi connectivity index (χ1) is 6.56. The van der Waals surface area contributed by atoms with Crippen molar-refractivity contribution in [2.75, 3.05) is 6.54 Å². The van der Waals surface area contributed by atoms with E-state index in [4.69, 9.17) is 15.9 Å². The molecule has 0 spiro atoms. The van der Waals surface area contributed by atoms with Gasteiger partial charge in [-0.2, -0.15) is 0 Å². The average molecular weight is 203 g/mol. The van der Waals surface area contributed by atoms with Crippen LogP contribution in [0.4, 0.5) is 8.78 Å². The van der Waals surface area contributed by atoms with Crippen molar-refractivity contribution in [2.45, 2.75) is 12.3 Å². The molecule has 0 fully saturated rings. The first-order valence-electron chi connectivity index (χ1n) is 4.06. The van der Waals surface area contributed by atoms with Gasteiger partial charge in [0.25, 0.3) is 0 Å². The van der Waals surface area contributed by atoms with Crippen molar-refractivity contribution in [1.82, 2.24) is 0 Å². The van der Waals surface area contributed by atoms with Crippen LogP contribution >= 0.6 is 0 Å². The third kappa shape index (κ3) is 2.11. The monoisotopic (exact) mass is 203 g/mol. The Labute approximate surface area is 79.8 Å². The molecule has 0 amide bonds. The zero-order chi connectivity index (χ0) is 10.7. The van der Waals surface area contributed by atoms with Crippen LogP contribution in [-0.4, -0.2) is 23.2 Å². The minimum absolute atomic E-state index is 0.206. The first-order valence-corrected chi connectivity index (χ1v) is 4.06. The Kier molecular flexibility index (Phi) is 3.24. The summed E-state index contributed by atoms with van der Waals surface area (Å²) in [4.78, 5) is 0. The van der Waals surface area contributed by atoms with Crippen LogP contribution in [0.1, 0.15) is 11.5 Å². The van der Waals surface area contributed by atoms with E-state index in [1.54, 1.807) is 0 Å². The maximum absolute atomic E-state index is 12.4. The zero-order valence-electron chi connectivity index (χ0n) is 7.32. The third-order valence-corrected chi connectivity index (χ3v) is 1.99. The van der Waals surface area contributed by atoms with Gasteiger partial charge in [0, 0.05) is 6.54 Å². The van der Waals surface area contributed by atoms with Crippen molar-refractivity contribution in [1.29, 1.82) is 0 Å². The Morgan fingerprint density at radius 3 is 2.29 bits per heavy atom. The lowest BCUT2D eigenvalue weighted by molar-refractivity contribution is 0.117. The Hall–Kier alpha value is -1.36. The maximum Gasteiger partial charge on any atom is 0.246 e. The van der Waals surface area contributed by atoms with Gasteiger partial charge in [-0.15, -0.1) is 0 Å². The van der Waals surface area contributed by atoms with Crippen LogP contribution in [-0.2, 0) is 0 Å². The predicted molar refractivity (Wildman–Crippen MR) is 47.6 cm³/mol. The zero-order valence-corrected chi connectivity index (χ0v) is 7.32. The normalized spacial score (nSPS) is 13.1. The van der Waals surface area contributed by atoms with E-state index >= 15 is 0 Å². The molecule has 1 aromatic rings. The molecule has 0 saturated heterocycles. The second-order valence-electron chi connectivity index (χ2n) is 2.92.